The van der Waals surface area contributed by atoms with E-state index in [1.165, 1.54) is 25.9 Å². The Morgan fingerprint density at radius 3 is 2.73 bits per heavy atom. The molecule has 2 aromatic heterocycles. The van der Waals surface area contributed by atoms with Crippen molar-refractivity contribution >= 4 is 17.0 Å². The van der Waals surface area contributed by atoms with E-state index in [1.54, 1.807) is 12.4 Å². The van der Waals surface area contributed by atoms with E-state index < -0.39 is 0 Å². The fraction of sp³-hybridized carbons (Fsp3) is 0.562. The first kappa shape index (κ1) is 15.1. The zero-order valence-corrected chi connectivity index (χ0v) is 13.4. The molecule has 0 aromatic carbocycles. The maximum absolute atomic E-state index is 4.48. The highest BCUT2D eigenvalue weighted by molar-refractivity contribution is 5.71. The molecule has 1 fully saturated rings. The summed E-state index contributed by atoms with van der Waals surface area (Å²) in [5.74, 6) is 0.871. The van der Waals surface area contributed by atoms with Crippen LogP contribution in [0.1, 0.15) is 12.8 Å². The van der Waals surface area contributed by atoms with E-state index in [0.29, 0.717) is 5.65 Å². The van der Waals surface area contributed by atoms with Crippen molar-refractivity contribution in [2.24, 2.45) is 0 Å². The van der Waals surface area contributed by atoms with Crippen LogP contribution in [0.25, 0.3) is 11.2 Å². The molecule has 6 heteroatoms. The Morgan fingerprint density at radius 2 is 1.95 bits per heavy atom. The topological polar surface area (TPSA) is 57.2 Å². The summed E-state index contributed by atoms with van der Waals surface area (Å²) >= 11 is 0. The first-order valence-electron chi connectivity index (χ1n) is 7.93. The van der Waals surface area contributed by atoms with Crippen LogP contribution in [0.5, 0.6) is 0 Å². The van der Waals surface area contributed by atoms with Gasteiger partial charge >= 0.3 is 0 Å². The molecule has 3 heterocycles. The van der Waals surface area contributed by atoms with Crippen LogP contribution in [-0.4, -0.2) is 71.1 Å². The molecule has 1 aliphatic rings. The Hall–Kier alpha value is -1.79. The molecule has 118 valence electrons. The number of rotatable bonds is 5. The summed E-state index contributed by atoms with van der Waals surface area (Å²) in [5.41, 5.74) is 1.53. The number of anilines is 1. The summed E-state index contributed by atoms with van der Waals surface area (Å²) in [5, 5.41) is 3.39. The Balaban J connectivity index is 1.46. The van der Waals surface area contributed by atoms with Gasteiger partial charge in [0, 0.05) is 31.5 Å². The molecule has 22 heavy (non-hydrogen) atoms. The van der Waals surface area contributed by atoms with Crippen LogP contribution in [-0.2, 0) is 0 Å². The van der Waals surface area contributed by atoms with Gasteiger partial charge in [0.05, 0.1) is 0 Å². The van der Waals surface area contributed by atoms with Crippen LogP contribution in [0.4, 0.5) is 5.82 Å². The number of fused-ring (bicyclic) bond motifs is 1. The van der Waals surface area contributed by atoms with Crippen molar-refractivity contribution in [1.82, 2.24) is 24.8 Å². The SMILES string of the molecule is CN(C)C1CCN(CCNc2ccc3nccnc3n2)CC1. The molecule has 3 rings (SSSR count). The number of hydrogen-bond donors (Lipinski definition) is 1. The van der Waals surface area contributed by atoms with Gasteiger partial charge in [-0.05, 0) is 52.2 Å². The van der Waals surface area contributed by atoms with Gasteiger partial charge in [-0.3, -0.25) is 4.98 Å². The predicted octanol–water partition coefficient (Wildman–Crippen LogP) is 1.46. The third-order valence-electron chi connectivity index (χ3n) is 4.35. The first-order valence-corrected chi connectivity index (χ1v) is 7.93. The Bertz CT molecular complexity index is 606. The lowest BCUT2D eigenvalue weighted by atomic mass is 10.0. The molecule has 0 spiro atoms. The number of likely N-dealkylation sites (tertiary alicyclic amines) is 1. The standard InChI is InChI=1S/C16H24N6/c1-21(2)13-5-10-22(11-6-13)12-9-18-15-4-3-14-16(20-15)19-8-7-17-14/h3-4,7-8,13H,5-6,9-12H2,1-2H3,(H,18,19,20). The lowest BCUT2D eigenvalue weighted by molar-refractivity contribution is 0.148. The molecule has 0 bridgehead atoms. The molecule has 0 atom stereocenters. The number of nitrogens with zero attached hydrogens (tertiary/aromatic N) is 5. The van der Waals surface area contributed by atoms with Gasteiger partial charge in [-0.1, -0.05) is 0 Å². The van der Waals surface area contributed by atoms with Crippen molar-refractivity contribution in [2.45, 2.75) is 18.9 Å². The minimum Gasteiger partial charge on any atom is -0.369 e. The first-order chi connectivity index (χ1) is 10.7. The van der Waals surface area contributed by atoms with E-state index in [-0.39, 0.29) is 0 Å². The maximum atomic E-state index is 4.48. The second kappa shape index (κ2) is 6.98. The molecule has 0 amide bonds. The third kappa shape index (κ3) is 3.69. The largest absolute Gasteiger partial charge is 0.369 e. The van der Waals surface area contributed by atoms with Crippen molar-refractivity contribution < 1.29 is 0 Å². The summed E-state index contributed by atoms with van der Waals surface area (Å²) in [4.78, 5) is 17.8. The van der Waals surface area contributed by atoms with Crippen LogP contribution < -0.4 is 5.32 Å². The molecule has 6 nitrogen and oxygen atoms in total. The van der Waals surface area contributed by atoms with E-state index in [4.69, 9.17) is 0 Å². The van der Waals surface area contributed by atoms with Crippen molar-refractivity contribution in [3.05, 3.63) is 24.5 Å². The number of piperidine rings is 1. The number of aromatic nitrogens is 3. The molecule has 0 unspecified atom stereocenters. The van der Waals surface area contributed by atoms with E-state index in [1.807, 2.05) is 12.1 Å². The summed E-state index contributed by atoms with van der Waals surface area (Å²) in [6, 6.07) is 4.67. The molecular weight excluding hydrogens is 276 g/mol. The van der Waals surface area contributed by atoms with Gasteiger partial charge in [0.1, 0.15) is 11.3 Å². The lowest BCUT2D eigenvalue weighted by Crippen LogP contribution is -2.43. The molecule has 0 radical (unpaired) electrons. The molecule has 0 aliphatic carbocycles. The summed E-state index contributed by atoms with van der Waals surface area (Å²) in [6.45, 7) is 4.33. The number of hydrogen-bond acceptors (Lipinski definition) is 6. The van der Waals surface area contributed by atoms with Crippen molar-refractivity contribution in [3.8, 4) is 0 Å². The van der Waals surface area contributed by atoms with Gasteiger partial charge in [0.15, 0.2) is 5.65 Å². The van der Waals surface area contributed by atoms with Gasteiger partial charge in [0.25, 0.3) is 0 Å². The van der Waals surface area contributed by atoms with Crippen molar-refractivity contribution in [1.29, 1.82) is 0 Å². The van der Waals surface area contributed by atoms with E-state index in [0.717, 1.165) is 30.5 Å². The van der Waals surface area contributed by atoms with Crippen molar-refractivity contribution in [2.75, 3.05) is 45.6 Å². The highest BCUT2D eigenvalue weighted by Crippen LogP contribution is 2.14. The second-order valence-electron chi connectivity index (χ2n) is 6.06. The Labute approximate surface area is 131 Å². The molecule has 1 aliphatic heterocycles. The smallest absolute Gasteiger partial charge is 0.180 e. The van der Waals surface area contributed by atoms with E-state index in [9.17, 15) is 0 Å². The fourth-order valence-electron chi connectivity index (χ4n) is 2.95. The summed E-state index contributed by atoms with van der Waals surface area (Å²) in [6.07, 6.45) is 5.89. The van der Waals surface area contributed by atoms with Gasteiger partial charge in [-0.15, -0.1) is 0 Å². The monoisotopic (exact) mass is 300 g/mol. The zero-order valence-electron chi connectivity index (χ0n) is 13.4. The van der Waals surface area contributed by atoms with Crippen LogP contribution in [0.15, 0.2) is 24.5 Å². The summed E-state index contributed by atoms with van der Waals surface area (Å²) < 4.78 is 0. The highest BCUT2D eigenvalue weighted by atomic mass is 15.2. The Kier molecular flexibility index (Phi) is 4.80. The molecule has 1 N–H and O–H groups in total. The fourth-order valence-corrected chi connectivity index (χ4v) is 2.95. The molecular formula is C16H24N6. The summed E-state index contributed by atoms with van der Waals surface area (Å²) in [7, 11) is 4.35. The minimum atomic E-state index is 0.694. The van der Waals surface area contributed by atoms with E-state index in [2.05, 4.69) is 44.2 Å². The van der Waals surface area contributed by atoms with E-state index >= 15 is 0 Å². The van der Waals surface area contributed by atoms with Gasteiger partial charge in [-0.25, -0.2) is 9.97 Å². The predicted molar refractivity (Wildman–Crippen MR) is 89.0 cm³/mol. The number of pyridine rings is 1. The quantitative estimate of drug-likeness (QED) is 0.902. The molecule has 2 aromatic rings. The Morgan fingerprint density at radius 1 is 1.18 bits per heavy atom. The molecule has 0 saturated carbocycles. The number of nitrogens with one attached hydrogen (secondary N) is 1. The van der Waals surface area contributed by atoms with Crippen LogP contribution >= 0.6 is 0 Å². The van der Waals surface area contributed by atoms with Gasteiger partial charge in [-0.2, -0.15) is 0 Å². The second-order valence-corrected chi connectivity index (χ2v) is 6.06. The maximum Gasteiger partial charge on any atom is 0.180 e. The lowest BCUT2D eigenvalue weighted by Gasteiger charge is -2.35. The van der Waals surface area contributed by atoms with Crippen LogP contribution in [0.3, 0.4) is 0 Å². The molecule has 1 saturated heterocycles. The normalized spacial score (nSPS) is 17.2. The average Bonchev–Trinajstić information content (AvgIpc) is 2.55. The van der Waals surface area contributed by atoms with Gasteiger partial charge < -0.3 is 15.1 Å². The zero-order chi connectivity index (χ0) is 15.4. The highest BCUT2D eigenvalue weighted by Gasteiger charge is 2.19. The van der Waals surface area contributed by atoms with Gasteiger partial charge in [0.2, 0.25) is 0 Å². The van der Waals surface area contributed by atoms with Crippen LogP contribution in [0.2, 0.25) is 0 Å². The minimum absolute atomic E-state index is 0.694. The third-order valence-corrected chi connectivity index (χ3v) is 4.35. The van der Waals surface area contributed by atoms with Crippen molar-refractivity contribution in [3.63, 3.8) is 0 Å². The van der Waals surface area contributed by atoms with Crippen LogP contribution in [0, 0.1) is 0 Å². The average molecular weight is 300 g/mol.